The molecule has 3 aromatic rings. The number of rotatable bonds is 4. The van der Waals surface area contributed by atoms with E-state index in [9.17, 15) is 13.2 Å². The monoisotopic (exact) mass is 428 g/mol. The molecule has 1 aliphatic heterocycles. The summed E-state index contributed by atoms with van der Waals surface area (Å²) in [5, 5.41) is 6.29. The second kappa shape index (κ2) is 7.75. The predicted octanol–water partition coefficient (Wildman–Crippen LogP) is 1.96. The molecule has 9 nitrogen and oxygen atoms in total. The minimum atomic E-state index is -3.63. The van der Waals surface area contributed by atoms with Crippen LogP contribution in [0.25, 0.3) is 15.4 Å². The summed E-state index contributed by atoms with van der Waals surface area (Å²) in [4.78, 5) is 21.3. The summed E-state index contributed by atoms with van der Waals surface area (Å²) in [5.74, 6) is 0.320. The molecular weight excluding hydrogens is 412 g/mol. The van der Waals surface area contributed by atoms with Gasteiger partial charge >= 0.3 is 0 Å². The average Bonchev–Trinajstić information content (AvgIpc) is 3.25. The van der Waals surface area contributed by atoms with E-state index in [-0.39, 0.29) is 9.77 Å². The first-order valence-electron chi connectivity index (χ1n) is 8.72. The topological polar surface area (TPSA) is 104 Å². The zero-order valence-electron chi connectivity index (χ0n) is 15.1. The van der Waals surface area contributed by atoms with Gasteiger partial charge in [-0.2, -0.15) is 9.40 Å². The van der Waals surface area contributed by atoms with Crippen LogP contribution in [-0.4, -0.2) is 54.1 Å². The number of thiophene rings is 1. The van der Waals surface area contributed by atoms with Crippen molar-refractivity contribution >= 4 is 32.9 Å². The van der Waals surface area contributed by atoms with Crippen molar-refractivity contribution in [3.8, 4) is 10.6 Å². The highest BCUT2D eigenvalue weighted by Crippen LogP contribution is 2.32. The molecule has 0 atom stereocenters. The molecule has 0 aliphatic carbocycles. The number of aromatic amines is 1. The molecule has 1 N–H and O–H groups in total. The Kier molecular flexibility index (Phi) is 5.14. The second-order valence-corrected chi connectivity index (χ2v) is 9.52. The van der Waals surface area contributed by atoms with Gasteiger partial charge in [0, 0.05) is 32.2 Å². The Hall–Kier alpha value is -3.07. The molecule has 0 radical (unpaired) electrons. The normalized spacial score (nSPS) is 15.2. The number of nitrogens with zero attached hydrogens (tertiary/aromatic N) is 5. The van der Waals surface area contributed by atoms with Crippen LogP contribution in [-0.2, 0) is 10.0 Å². The summed E-state index contributed by atoms with van der Waals surface area (Å²) in [7, 11) is -3.63. The van der Waals surface area contributed by atoms with Crippen molar-refractivity contribution < 1.29 is 8.42 Å². The maximum Gasteiger partial charge on any atom is 0.292 e. The summed E-state index contributed by atoms with van der Waals surface area (Å²) in [6, 6.07) is 9.76. The lowest BCUT2D eigenvalue weighted by Gasteiger charge is -2.35. The minimum Gasteiger partial charge on any atom is -0.376 e. The lowest BCUT2D eigenvalue weighted by atomic mass is 10.3. The Morgan fingerprint density at radius 1 is 1.10 bits per heavy atom. The molecular formula is C18H16N6O3S2. The second-order valence-electron chi connectivity index (χ2n) is 6.27. The fraction of sp³-hybridized carbons (Fsp3) is 0.222. The highest BCUT2D eigenvalue weighted by atomic mass is 32.2. The third-order valence-electron chi connectivity index (χ3n) is 4.56. The van der Waals surface area contributed by atoms with Gasteiger partial charge in [0.15, 0.2) is 0 Å². The van der Waals surface area contributed by atoms with Crippen LogP contribution < -0.4 is 10.5 Å². The van der Waals surface area contributed by atoms with Gasteiger partial charge in [-0.15, -0.1) is 16.3 Å². The van der Waals surface area contributed by atoms with Crippen LogP contribution in [0.2, 0.25) is 0 Å². The molecule has 0 saturated carbocycles. The Morgan fingerprint density at radius 3 is 2.59 bits per heavy atom. The quantitative estimate of drug-likeness (QED) is 0.637. The van der Waals surface area contributed by atoms with E-state index in [4.69, 9.17) is 6.57 Å². The zero-order chi connectivity index (χ0) is 20.4. The van der Waals surface area contributed by atoms with E-state index < -0.39 is 10.0 Å². The number of hydrogen-bond donors (Lipinski definition) is 1. The number of aromatic nitrogens is 3. The van der Waals surface area contributed by atoms with E-state index in [0.29, 0.717) is 42.6 Å². The largest absolute Gasteiger partial charge is 0.376 e. The van der Waals surface area contributed by atoms with Crippen LogP contribution >= 0.6 is 11.3 Å². The fourth-order valence-corrected chi connectivity index (χ4v) is 5.95. The Labute approximate surface area is 171 Å². The predicted molar refractivity (Wildman–Crippen MR) is 110 cm³/mol. The van der Waals surface area contributed by atoms with Crippen molar-refractivity contribution in [2.24, 2.45) is 0 Å². The molecule has 1 aliphatic rings. The molecule has 0 amide bonds. The van der Waals surface area contributed by atoms with Crippen molar-refractivity contribution in [1.82, 2.24) is 19.5 Å². The zero-order valence-corrected chi connectivity index (χ0v) is 16.8. The van der Waals surface area contributed by atoms with Gasteiger partial charge in [-0.1, -0.05) is 6.57 Å². The van der Waals surface area contributed by atoms with Crippen LogP contribution in [0.3, 0.4) is 0 Å². The standard InChI is InChI=1S/C18H16N6O3S2/c1-19-18-14(3-2-8-20-18)23-9-11-24(12-10-23)29(26,27)17-7-5-15(28-17)13-4-6-16(25)22-21-13/h2-8H,9-12H2,(H,22,25). The van der Waals surface area contributed by atoms with Gasteiger partial charge in [-0.05, 0) is 30.3 Å². The van der Waals surface area contributed by atoms with E-state index in [1.54, 1.807) is 30.5 Å². The van der Waals surface area contributed by atoms with Crippen LogP contribution in [0.1, 0.15) is 0 Å². The van der Waals surface area contributed by atoms with Gasteiger partial charge in [0.2, 0.25) is 0 Å². The third-order valence-corrected chi connectivity index (χ3v) is 8.03. The van der Waals surface area contributed by atoms with E-state index in [1.165, 1.54) is 10.4 Å². The van der Waals surface area contributed by atoms with E-state index in [1.807, 2.05) is 11.0 Å². The number of nitrogens with one attached hydrogen (secondary N) is 1. The molecule has 0 spiro atoms. The van der Waals surface area contributed by atoms with Gasteiger partial charge in [0.25, 0.3) is 21.4 Å². The van der Waals surface area contributed by atoms with Gasteiger partial charge in [0.1, 0.15) is 16.1 Å². The van der Waals surface area contributed by atoms with Crippen LogP contribution in [0.5, 0.6) is 0 Å². The summed E-state index contributed by atoms with van der Waals surface area (Å²) in [5.41, 5.74) is 0.928. The highest BCUT2D eigenvalue weighted by molar-refractivity contribution is 7.91. The van der Waals surface area contributed by atoms with Crippen LogP contribution in [0.15, 0.2) is 51.6 Å². The molecule has 0 unspecified atom stereocenters. The number of piperazine rings is 1. The van der Waals surface area contributed by atoms with E-state index in [2.05, 4.69) is 20.0 Å². The smallest absolute Gasteiger partial charge is 0.292 e. The maximum atomic E-state index is 13.0. The number of sulfonamides is 1. The van der Waals surface area contributed by atoms with Crippen molar-refractivity contribution in [1.29, 1.82) is 0 Å². The molecule has 0 bridgehead atoms. The summed E-state index contributed by atoms with van der Waals surface area (Å²) < 4.78 is 27.7. The van der Waals surface area contributed by atoms with Gasteiger partial charge in [-0.25, -0.2) is 13.5 Å². The average molecular weight is 428 g/mol. The number of hydrogen-bond acceptors (Lipinski definition) is 7. The van der Waals surface area contributed by atoms with Crippen molar-refractivity contribution in [3.05, 3.63) is 64.4 Å². The first-order valence-corrected chi connectivity index (χ1v) is 11.0. The van der Waals surface area contributed by atoms with Gasteiger partial charge < -0.3 is 9.74 Å². The Balaban J connectivity index is 1.50. The van der Waals surface area contributed by atoms with Gasteiger partial charge in [-0.3, -0.25) is 4.79 Å². The first kappa shape index (κ1) is 19.3. The van der Waals surface area contributed by atoms with Crippen LogP contribution in [0, 0.1) is 6.57 Å². The molecule has 148 valence electrons. The third kappa shape index (κ3) is 3.77. The molecule has 11 heteroatoms. The summed E-state index contributed by atoms with van der Waals surface area (Å²) >= 11 is 1.12. The van der Waals surface area contributed by atoms with Crippen molar-refractivity contribution in [2.45, 2.75) is 4.21 Å². The Bertz CT molecular complexity index is 1220. The molecule has 3 aromatic heterocycles. The molecule has 4 heterocycles. The van der Waals surface area contributed by atoms with E-state index in [0.717, 1.165) is 17.0 Å². The maximum absolute atomic E-state index is 13.0. The SMILES string of the molecule is [C-]#[N+]c1ncccc1N1CCN(S(=O)(=O)c2ccc(-c3ccc(=O)[nH]n3)s2)CC1. The van der Waals surface area contributed by atoms with E-state index >= 15 is 0 Å². The van der Waals surface area contributed by atoms with Crippen molar-refractivity contribution in [3.63, 3.8) is 0 Å². The van der Waals surface area contributed by atoms with Crippen molar-refractivity contribution in [2.75, 3.05) is 31.1 Å². The summed E-state index contributed by atoms with van der Waals surface area (Å²) in [6.45, 7) is 8.84. The molecule has 0 aromatic carbocycles. The molecule has 1 fully saturated rings. The van der Waals surface area contributed by atoms with Gasteiger partial charge in [0.05, 0.1) is 10.6 Å². The molecule has 29 heavy (non-hydrogen) atoms. The highest BCUT2D eigenvalue weighted by Gasteiger charge is 2.30. The lowest BCUT2D eigenvalue weighted by molar-refractivity contribution is 0.386. The Morgan fingerprint density at radius 2 is 1.90 bits per heavy atom. The lowest BCUT2D eigenvalue weighted by Crippen LogP contribution is -2.48. The van der Waals surface area contributed by atoms with Crippen LogP contribution in [0.4, 0.5) is 11.5 Å². The minimum absolute atomic E-state index is 0.233. The molecule has 4 rings (SSSR count). The number of anilines is 1. The summed E-state index contributed by atoms with van der Waals surface area (Å²) in [6.07, 6.45) is 1.57. The fourth-order valence-electron chi connectivity index (χ4n) is 3.10. The number of pyridine rings is 1. The molecule has 1 saturated heterocycles. The number of H-pyrrole nitrogens is 1. The first-order chi connectivity index (χ1) is 14.0.